The minimum absolute atomic E-state index is 0.0140. The van der Waals surface area contributed by atoms with Crippen molar-refractivity contribution in [3.63, 3.8) is 0 Å². The Morgan fingerprint density at radius 2 is 1.37 bits per heavy atom. The Bertz CT molecular complexity index is 4040. The Morgan fingerprint density at radius 1 is 0.614 bits per heavy atom. The number of allylic oxidation sites excluding steroid dienone is 18. The van der Waals surface area contributed by atoms with Gasteiger partial charge in [0.25, 0.3) is 0 Å². The number of nitrogens with zero attached hydrogens (tertiary/aromatic N) is 2. The SMILES string of the molecule is C=Cc1ccc(C2(c3ccc(F)cc3)c3ccccc3-c3ccc(N(C4=CC5c6cc(N(C7C=CC=CC7)C7C=CC8=C(C7)C(C7=CCC(C=C)C=C7)(c7ccc(F)cc7)C7C=CC=CC87)ccc6OC5C=C4)C4=CC=CCC4)cc32)cc1. The molecule has 9 atom stereocenters. The molecular formula is C78H64F2N2O. The second-order valence-electron chi connectivity index (χ2n) is 23.5. The third kappa shape index (κ3) is 8.10. The van der Waals surface area contributed by atoms with Gasteiger partial charge in [0.1, 0.15) is 23.5 Å². The number of anilines is 2. The fraction of sp³-hybridized carbons (Fsp3) is 0.179. The lowest BCUT2D eigenvalue weighted by Crippen LogP contribution is -2.45. The summed E-state index contributed by atoms with van der Waals surface area (Å²) in [6.07, 6.45) is 52.0. The molecule has 9 aliphatic rings. The fourth-order valence-corrected chi connectivity index (χ4v) is 15.6. The van der Waals surface area contributed by atoms with Crippen molar-refractivity contribution < 1.29 is 13.5 Å². The van der Waals surface area contributed by atoms with E-state index in [4.69, 9.17) is 4.74 Å². The smallest absolute Gasteiger partial charge is 0.128 e. The Labute approximate surface area is 486 Å². The standard InChI is InChI=1S/C78H64F2N2O/c1-3-51-23-27-53(28-24-51)77(55-31-35-57(79)36-32-55)71-21-13-11-19-65(71)67-43-39-63(49-73(67)77)81(59-15-7-5-8-16-59)61-41-45-75-69(47-61)70-48-62(42-46-76(70)83-75)82(60-17-9-6-10-18-60)64-40-44-68-66-20-12-14-22-72(66)78(74(68)50-64,56-33-37-58(80)38-34-56)54-29-25-52(4-2)26-30-54/h3-9,11-15,17,19-23,25-48,50-51,59,63,65,70-71,76H,1-2,10,16,18,24,49H2. The van der Waals surface area contributed by atoms with E-state index in [2.05, 4.69) is 223 Å². The molecule has 0 amide bonds. The van der Waals surface area contributed by atoms with Crippen molar-refractivity contribution in [3.05, 3.63) is 347 Å². The van der Waals surface area contributed by atoms with Gasteiger partial charge in [0.15, 0.2) is 0 Å². The molecule has 6 aromatic rings. The van der Waals surface area contributed by atoms with E-state index in [-0.39, 0.29) is 53.5 Å². The number of benzene rings is 6. The Hall–Kier alpha value is -9.06. The van der Waals surface area contributed by atoms with Crippen LogP contribution in [0.1, 0.15) is 77.0 Å². The first-order valence-corrected chi connectivity index (χ1v) is 29.6. The Balaban J connectivity index is 0.832. The van der Waals surface area contributed by atoms with Gasteiger partial charge in [0.05, 0.1) is 17.5 Å². The average molecular weight is 1080 g/mol. The molecule has 0 spiro atoms. The third-order valence-electron chi connectivity index (χ3n) is 19.3. The summed E-state index contributed by atoms with van der Waals surface area (Å²) in [5.74, 6) is 0.948. The second kappa shape index (κ2) is 20.4. The van der Waals surface area contributed by atoms with Crippen molar-refractivity contribution in [1.29, 1.82) is 0 Å². The van der Waals surface area contributed by atoms with Gasteiger partial charge >= 0.3 is 0 Å². The number of ether oxygens (including phenoxy) is 1. The van der Waals surface area contributed by atoms with Crippen LogP contribution in [0.4, 0.5) is 20.2 Å². The molecule has 0 fully saturated rings. The van der Waals surface area contributed by atoms with Crippen molar-refractivity contribution in [3.8, 4) is 16.9 Å². The van der Waals surface area contributed by atoms with Gasteiger partial charge in [-0.25, -0.2) is 8.78 Å². The molecule has 0 radical (unpaired) electrons. The number of hydrogen-bond acceptors (Lipinski definition) is 3. The average Bonchev–Trinajstić information content (AvgIpc) is 4.32. The van der Waals surface area contributed by atoms with E-state index < -0.39 is 10.8 Å². The van der Waals surface area contributed by atoms with Crippen molar-refractivity contribution in [2.45, 2.75) is 67.0 Å². The van der Waals surface area contributed by atoms with Crippen molar-refractivity contribution in [2.24, 2.45) is 17.8 Å². The van der Waals surface area contributed by atoms with E-state index in [0.717, 1.165) is 88.3 Å². The third-order valence-corrected chi connectivity index (χ3v) is 19.3. The van der Waals surface area contributed by atoms with Crippen LogP contribution in [0.2, 0.25) is 0 Å². The van der Waals surface area contributed by atoms with Gasteiger partial charge in [-0.3, -0.25) is 0 Å². The highest BCUT2D eigenvalue weighted by molar-refractivity contribution is 5.88. The molecule has 83 heavy (non-hydrogen) atoms. The first kappa shape index (κ1) is 50.9. The van der Waals surface area contributed by atoms with Crippen molar-refractivity contribution in [1.82, 2.24) is 0 Å². The van der Waals surface area contributed by atoms with Crippen LogP contribution >= 0.6 is 0 Å². The van der Waals surface area contributed by atoms with E-state index in [0.29, 0.717) is 0 Å². The number of halogens is 2. The van der Waals surface area contributed by atoms with Crippen LogP contribution in [0.15, 0.2) is 296 Å². The molecule has 8 aliphatic carbocycles. The summed E-state index contributed by atoms with van der Waals surface area (Å²) in [6, 6.07) is 45.9. The molecule has 0 aromatic heterocycles. The molecule has 9 unspecified atom stereocenters. The monoisotopic (exact) mass is 1080 g/mol. The van der Waals surface area contributed by atoms with Gasteiger partial charge in [-0.15, -0.1) is 6.58 Å². The summed E-state index contributed by atoms with van der Waals surface area (Å²) in [4.78, 5) is 5.12. The van der Waals surface area contributed by atoms with Crippen molar-refractivity contribution in [2.75, 3.05) is 9.80 Å². The van der Waals surface area contributed by atoms with Crippen LogP contribution in [0, 0.1) is 29.4 Å². The minimum atomic E-state index is -0.731. The van der Waals surface area contributed by atoms with Gasteiger partial charge in [-0.2, -0.15) is 0 Å². The normalized spacial score (nSPS) is 27.1. The molecular weight excluding hydrogens is 1020 g/mol. The van der Waals surface area contributed by atoms with Gasteiger partial charge in [0, 0.05) is 51.5 Å². The molecule has 6 aromatic carbocycles. The van der Waals surface area contributed by atoms with Crippen LogP contribution in [-0.2, 0) is 10.8 Å². The topological polar surface area (TPSA) is 15.7 Å². The largest absolute Gasteiger partial charge is 0.485 e. The first-order chi connectivity index (χ1) is 40.8. The highest BCUT2D eigenvalue weighted by atomic mass is 19.1. The van der Waals surface area contributed by atoms with E-state index >= 15 is 0 Å². The second-order valence-corrected chi connectivity index (χ2v) is 23.5. The Morgan fingerprint density at radius 3 is 2.12 bits per heavy atom. The molecule has 3 nitrogen and oxygen atoms in total. The van der Waals surface area contributed by atoms with Crippen molar-refractivity contribution >= 4 is 17.5 Å². The van der Waals surface area contributed by atoms with Gasteiger partial charge in [-0.05, 0) is 178 Å². The number of fused-ring (bicyclic) bond motifs is 8. The summed E-state index contributed by atoms with van der Waals surface area (Å²) < 4.78 is 36.9. The maximum atomic E-state index is 15.0. The zero-order chi connectivity index (χ0) is 55.8. The van der Waals surface area contributed by atoms with Crippen LogP contribution < -0.4 is 14.5 Å². The molecule has 5 heteroatoms. The summed E-state index contributed by atoms with van der Waals surface area (Å²) >= 11 is 0. The lowest BCUT2D eigenvalue weighted by atomic mass is 9.60. The molecule has 0 N–H and O–H groups in total. The first-order valence-electron chi connectivity index (χ1n) is 29.6. The minimum Gasteiger partial charge on any atom is -0.485 e. The predicted octanol–water partition coefficient (Wildman–Crippen LogP) is 18.3. The zero-order valence-electron chi connectivity index (χ0n) is 46.4. The summed E-state index contributed by atoms with van der Waals surface area (Å²) in [7, 11) is 0. The molecule has 0 saturated heterocycles. The molecule has 0 bridgehead atoms. The van der Waals surface area contributed by atoms with Crippen LogP contribution in [-0.4, -0.2) is 18.2 Å². The molecule has 0 saturated carbocycles. The lowest BCUT2D eigenvalue weighted by Gasteiger charge is -2.45. The summed E-state index contributed by atoms with van der Waals surface area (Å²) in [5, 5.41) is 0. The molecule has 406 valence electrons. The summed E-state index contributed by atoms with van der Waals surface area (Å²) in [5.41, 5.74) is 17.5. The summed E-state index contributed by atoms with van der Waals surface area (Å²) in [6.45, 7) is 8.22. The zero-order valence-corrected chi connectivity index (χ0v) is 46.4. The van der Waals surface area contributed by atoms with E-state index in [1.165, 1.54) is 39.1 Å². The van der Waals surface area contributed by atoms with E-state index in [9.17, 15) is 8.78 Å². The highest BCUT2D eigenvalue weighted by Crippen LogP contribution is 2.63. The maximum absolute atomic E-state index is 15.0. The van der Waals surface area contributed by atoms with E-state index in [1.54, 1.807) is 24.3 Å². The number of hydrogen-bond donors (Lipinski definition) is 0. The van der Waals surface area contributed by atoms with E-state index in [1.807, 2.05) is 36.4 Å². The van der Waals surface area contributed by atoms with Gasteiger partial charge in [0.2, 0.25) is 0 Å². The number of rotatable bonds is 12. The maximum Gasteiger partial charge on any atom is 0.128 e. The van der Waals surface area contributed by atoms with Gasteiger partial charge in [-0.1, -0.05) is 189 Å². The molecule has 1 aliphatic heterocycles. The fourth-order valence-electron chi connectivity index (χ4n) is 15.6. The molecule has 1 heterocycles. The van der Waals surface area contributed by atoms with Crippen LogP contribution in [0.3, 0.4) is 0 Å². The predicted molar refractivity (Wildman–Crippen MR) is 336 cm³/mol. The molecule has 15 rings (SSSR count). The highest BCUT2D eigenvalue weighted by Gasteiger charge is 2.56. The quantitative estimate of drug-likeness (QED) is 0.113. The lowest BCUT2D eigenvalue weighted by molar-refractivity contribution is 0.268. The van der Waals surface area contributed by atoms with Crippen LogP contribution in [0.25, 0.3) is 17.2 Å². The van der Waals surface area contributed by atoms with Crippen LogP contribution in [0.5, 0.6) is 5.75 Å². The van der Waals surface area contributed by atoms with Gasteiger partial charge < -0.3 is 14.5 Å². The Kier molecular flexibility index (Phi) is 12.5.